The Morgan fingerprint density at radius 3 is 2.67 bits per heavy atom. The van der Waals surface area contributed by atoms with Gasteiger partial charge < -0.3 is 11.1 Å². The molecule has 1 saturated carbocycles. The maximum Gasteiger partial charge on any atom is 0.231 e. The zero-order valence-corrected chi connectivity index (χ0v) is 12.2. The molecule has 1 aliphatic carbocycles. The Balaban J connectivity index is 2.13. The van der Waals surface area contributed by atoms with Crippen molar-refractivity contribution in [3.63, 3.8) is 0 Å². The second kappa shape index (κ2) is 5.41. The highest BCUT2D eigenvalue weighted by molar-refractivity contribution is 9.10. The van der Waals surface area contributed by atoms with E-state index >= 15 is 0 Å². The van der Waals surface area contributed by atoms with Crippen LogP contribution < -0.4 is 11.1 Å². The van der Waals surface area contributed by atoms with E-state index in [1.165, 1.54) is 0 Å². The minimum absolute atomic E-state index is 0.0678. The number of benzene rings is 1. The molecule has 2 rings (SSSR count). The molecule has 1 aromatic carbocycles. The third-order valence-electron chi connectivity index (χ3n) is 3.86. The summed E-state index contributed by atoms with van der Waals surface area (Å²) in [5, 5.41) is 2.99. The van der Waals surface area contributed by atoms with E-state index in [0.717, 1.165) is 41.4 Å². The normalized spacial score (nSPS) is 17.7. The Bertz CT molecular complexity index is 453. The fourth-order valence-electron chi connectivity index (χ4n) is 2.51. The van der Waals surface area contributed by atoms with E-state index in [2.05, 4.69) is 21.2 Å². The van der Waals surface area contributed by atoms with Gasteiger partial charge in [0, 0.05) is 16.7 Å². The van der Waals surface area contributed by atoms with Gasteiger partial charge in [0.05, 0.1) is 5.41 Å². The first-order valence-electron chi connectivity index (χ1n) is 6.35. The Morgan fingerprint density at radius 2 is 2.11 bits per heavy atom. The van der Waals surface area contributed by atoms with Gasteiger partial charge in [-0.1, -0.05) is 34.8 Å². The monoisotopic (exact) mass is 310 g/mol. The van der Waals surface area contributed by atoms with Crippen molar-refractivity contribution >= 4 is 27.5 Å². The van der Waals surface area contributed by atoms with Crippen LogP contribution in [-0.4, -0.2) is 12.5 Å². The zero-order chi connectivity index (χ0) is 13.2. The third kappa shape index (κ3) is 2.59. The number of nitrogens with one attached hydrogen (secondary N) is 1. The lowest BCUT2D eigenvalue weighted by Crippen LogP contribution is -2.40. The second-order valence-corrected chi connectivity index (χ2v) is 5.96. The molecule has 4 heteroatoms. The van der Waals surface area contributed by atoms with E-state index in [1.54, 1.807) is 0 Å². The summed E-state index contributed by atoms with van der Waals surface area (Å²) in [6.45, 7) is 2.46. The molecule has 1 aromatic rings. The summed E-state index contributed by atoms with van der Waals surface area (Å²) >= 11 is 3.47. The smallest absolute Gasteiger partial charge is 0.231 e. The lowest BCUT2D eigenvalue weighted by atomic mass is 9.85. The molecule has 0 atom stereocenters. The maximum atomic E-state index is 12.4. The number of aryl methyl sites for hydroxylation is 1. The van der Waals surface area contributed by atoms with Crippen molar-refractivity contribution in [3.8, 4) is 0 Å². The molecular formula is C14H19BrN2O. The van der Waals surface area contributed by atoms with Gasteiger partial charge >= 0.3 is 0 Å². The minimum Gasteiger partial charge on any atom is -0.329 e. The van der Waals surface area contributed by atoms with Gasteiger partial charge in [0.1, 0.15) is 0 Å². The number of amides is 1. The molecule has 1 aliphatic rings. The quantitative estimate of drug-likeness (QED) is 0.900. The van der Waals surface area contributed by atoms with Crippen LogP contribution >= 0.6 is 15.9 Å². The zero-order valence-electron chi connectivity index (χ0n) is 10.6. The van der Waals surface area contributed by atoms with Crippen LogP contribution in [0.3, 0.4) is 0 Å². The number of carbonyl (C=O) groups excluding carboxylic acids is 1. The van der Waals surface area contributed by atoms with Gasteiger partial charge in [-0.15, -0.1) is 0 Å². The van der Waals surface area contributed by atoms with Crippen molar-refractivity contribution in [2.45, 2.75) is 32.6 Å². The summed E-state index contributed by atoms with van der Waals surface area (Å²) in [4.78, 5) is 12.4. The average molecular weight is 311 g/mol. The van der Waals surface area contributed by atoms with Crippen LogP contribution in [0.5, 0.6) is 0 Å². The molecule has 0 aliphatic heterocycles. The Kier molecular flexibility index (Phi) is 4.07. The summed E-state index contributed by atoms with van der Waals surface area (Å²) < 4.78 is 1.01. The molecular weight excluding hydrogens is 292 g/mol. The molecule has 3 N–H and O–H groups in total. The average Bonchev–Trinajstić information content (AvgIpc) is 2.84. The number of hydrogen-bond donors (Lipinski definition) is 2. The van der Waals surface area contributed by atoms with Crippen LogP contribution in [0, 0.1) is 12.3 Å². The number of carbonyl (C=O) groups is 1. The van der Waals surface area contributed by atoms with E-state index < -0.39 is 0 Å². The third-order valence-corrected chi connectivity index (χ3v) is 4.72. The van der Waals surface area contributed by atoms with Gasteiger partial charge in [-0.25, -0.2) is 0 Å². The Hall–Kier alpha value is -0.870. The number of nitrogens with two attached hydrogens (primary N) is 1. The molecule has 0 saturated heterocycles. The highest BCUT2D eigenvalue weighted by atomic mass is 79.9. The van der Waals surface area contributed by atoms with Crippen LogP contribution in [0.1, 0.15) is 31.2 Å². The molecule has 18 heavy (non-hydrogen) atoms. The number of rotatable bonds is 3. The lowest BCUT2D eigenvalue weighted by Gasteiger charge is -2.25. The molecule has 0 heterocycles. The van der Waals surface area contributed by atoms with Crippen LogP contribution in [0.25, 0.3) is 0 Å². The second-order valence-electron chi connectivity index (χ2n) is 5.11. The first-order valence-corrected chi connectivity index (χ1v) is 7.14. The SMILES string of the molecule is Cc1ccc(NC(=O)C2(CN)CCCC2)cc1Br. The standard InChI is InChI=1S/C14H19BrN2O/c1-10-4-5-11(8-12(10)15)17-13(18)14(9-16)6-2-3-7-14/h4-5,8H,2-3,6-7,9,16H2,1H3,(H,17,18). The topological polar surface area (TPSA) is 55.1 Å². The van der Waals surface area contributed by atoms with Crippen LogP contribution in [0.2, 0.25) is 0 Å². The predicted molar refractivity (Wildman–Crippen MR) is 77.5 cm³/mol. The van der Waals surface area contributed by atoms with Crippen molar-refractivity contribution in [1.29, 1.82) is 0 Å². The fraction of sp³-hybridized carbons (Fsp3) is 0.500. The summed E-state index contributed by atoms with van der Waals surface area (Å²) in [5.41, 5.74) is 7.44. The number of anilines is 1. The van der Waals surface area contributed by atoms with E-state index in [1.807, 2.05) is 25.1 Å². The summed E-state index contributed by atoms with van der Waals surface area (Å²) in [6, 6.07) is 5.85. The van der Waals surface area contributed by atoms with E-state index in [0.29, 0.717) is 6.54 Å². The number of halogens is 1. The summed E-state index contributed by atoms with van der Waals surface area (Å²) in [6.07, 6.45) is 4.01. The van der Waals surface area contributed by atoms with E-state index in [9.17, 15) is 4.79 Å². The van der Waals surface area contributed by atoms with Gasteiger partial charge in [0.15, 0.2) is 0 Å². The molecule has 1 amide bonds. The number of hydrogen-bond acceptors (Lipinski definition) is 2. The Morgan fingerprint density at radius 1 is 1.44 bits per heavy atom. The molecule has 0 radical (unpaired) electrons. The van der Waals surface area contributed by atoms with Crippen LogP contribution in [0.4, 0.5) is 5.69 Å². The Labute approximate surface area is 116 Å². The molecule has 0 spiro atoms. The highest BCUT2D eigenvalue weighted by Gasteiger charge is 2.39. The molecule has 0 unspecified atom stereocenters. The highest BCUT2D eigenvalue weighted by Crippen LogP contribution is 2.38. The first kappa shape index (κ1) is 13.6. The minimum atomic E-state index is -0.350. The van der Waals surface area contributed by atoms with Gasteiger partial charge in [-0.05, 0) is 37.5 Å². The van der Waals surface area contributed by atoms with Crippen LogP contribution in [-0.2, 0) is 4.79 Å². The molecule has 98 valence electrons. The molecule has 0 aromatic heterocycles. The van der Waals surface area contributed by atoms with Crippen molar-refractivity contribution in [3.05, 3.63) is 28.2 Å². The van der Waals surface area contributed by atoms with Crippen LogP contribution in [0.15, 0.2) is 22.7 Å². The largest absolute Gasteiger partial charge is 0.329 e. The molecule has 3 nitrogen and oxygen atoms in total. The summed E-state index contributed by atoms with van der Waals surface area (Å²) in [5.74, 6) is 0.0678. The van der Waals surface area contributed by atoms with Gasteiger partial charge in [0.25, 0.3) is 0 Å². The summed E-state index contributed by atoms with van der Waals surface area (Å²) in [7, 11) is 0. The fourth-order valence-corrected chi connectivity index (χ4v) is 2.89. The van der Waals surface area contributed by atoms with Gasteiger partial charge in [-0.3, -0.25) is 4.79 Å². The maximum absolute atomic E-state index is 12.4. The van der Waals surface area contributed by atoms with E-state index in [-0.39, 0.29) is 11.3 Å². The van der Waals surface area contributed by atoms with Crippen molar-refractivity contribution in [1.82, 2.24) is 0 Å². The van der Waals surface area contributed by atoms with Gasteiger partial charge in [0.2, 0.25) is 5.91 Å². The molecule has 0 bridgehead atoms. The first-order chi connectivity index (χ1) is 8.57. The lowest BCUT2D eigenvalue weighted by molar-refractivity contribution is -0.124. The van der Waals surface area contributed by atoms with Gasteiger partial charge in [-0.2, -0.15) is 0 Å². The van der Waals surface area contributed by atoms with Crippen molar-refractivity contribution in [2.75, 3.05) is 11.9 Å². The van der Waals surface area contributed by atoms with Crippen molar-refractivity contribution < 1.29 is 4.79 Å². The molecule has 1 fully saturated rings. The predicted octanol–water partition coefficient (Wildman–Crippen LogP) is 3.22. The van der Waals surface area contributed by atoms with E-state index in [4.69, 9.17) is 5.73 Å². The van der Waals surface area contributed by atoms with Crippen molar-refractivity contribution in [2.24, 2.45) is 11.1 Å².